The van der Waals surface area contributed by atoms with E-state index in [1.54, 1.807) is 16.9 Å². The number of fused-ring (bicyclic) bond motifs is 6. The van der Waals surface area contributed by atoms with Crippen LogP contribution in [0.4, 0.5) is 0 Å². The summed E-state index contributed by atoms with van der Waals surface area (Å²) in [7, 11) is 1.85. The Labute approximate surface area is 219 Å². The van der Waals surface area contributed by atoms with Gasteiger partial charge in [-0.1, -0.05) is 18.5 Å². The van der Waals surface area contributed by atoms with Gasteiger partial charge in [-0.3, -0.25) is 14.5 Å². The first kappa shape index (κ1) is 24.8. The summed E-state index contributed by atoms with van der Waals surface area (Å²) in [5.74, 6) is 2.85. The molecule has 0 spiro atoms. The second kappa shape index (κ2) is 8.78. The molecule has 2 heterocycles. The number of nitrogens with zero attached hydrogens (tertiary/aromatic N) is 3. The van der Waals surface area contributed by atoms with Gasteiger partial charge in [0, 0.05) is 19.2 Å². The number of methoxy groups -OCH3 is 1. The fourth-order valence-corrected chi connectivity index (χ4v) is 9.74. The number of rotatable bonds is 5. The molecule has 36 heavy (non-hydrogen) atoms. The van der Waals surface area contributed by atoms with E-state index >= 15 is 0 Å². The van der Waals surface area contributed by atoms with Gasteiger partial charge in [-0.2, -0.15) is 5.10 Å². The lowest BCUT2D eigenvalue weighted by Crippen LogP contribution is -2.58. The first-order chi connectivity index (χ1) is 17.1. The van der Waals surface area contributed by atoms with Gasteiger partial charge in [0.2, 0.25) is 0 Å². The van der Waals surface area contributed by atoms with Gasteiger partial charge >= 0.3 is 0 Å². The summed E-state index contributed by atoms with van der Waals surface area (Å²) in [5, 5.41) is 16.0. The van der Waals surface area contributed by atoms with Gasteiger partial charge in [-0.05, 0) is 105 Å². The summed E-state index contributed by atoms with van der Waals surface area (Å²) in [6.07, 6.45) is 13.2. The number of pyridine rings is 1. The van der Waals surface area contributed by atoms with Crippen molar-refractivity contribution in [3.05, 3.63) is 23.5 Å². The number of aliphatic hydroxyl groups is 1. The molecule has 4 aliphatic carbocycles. The van der Waals surface area contributed by atoms with Crippen molar-refractivity contribution in [2.45, 2.75) is 83.8 Å². The highest BCUT2D eigenvalue weighted by Gasteiger charge is 2.63. The fraction of sp³-hybridized carbons (Fsp3) is 0.759. The Bertz CT molecular complexity index is 1160. The van der Waals surface area contributed by atoms with Crippen LogP contribution in [0.2, 0.25) is 5.02 Å². The summed E-state index contributed by atoms with van der Waals surface area (Å²) in [6, 6.07) is 1.80. The van der Waals surface area contributed by atoms with E-state index in [1.165, 1.54) is 19.3 Å². The van der Waals surface area contributed by atoms with Crippen molar-refractivity contribution in [2.75, 3.05) is 13.7 Å². The summed E-state index contributed by atoms with van der Waals surface area (Å²) in [6.45, 7) is 5.55. The summed E-state index contributed by atoms with van der Waals surface area (Å²) in [4.78, 5) is 18.0. The lowest BCUT2D eigenvalue weighted by molar-refractivity contribution is -0.175. The van der Waals surface area contributed by atoms with Gasteiger partial charge in [0.25, 0.3) is 0 Å². The standard InChI is InChI=1S/C29H40ClN3O3/c1-27(35)10-11-29(17-36-3)18(13-27)4-5-20-21-6-7-23(28(21,2)9-8-22(20)29)26(34)16-33-15-25-24(32-33)12-19(30)14-31-25/h12,14-15,18,20-23,35H,4-11,13,16-17H2,1-3H3. The quantitative estimate of drug-likeness (QED) is 0.555. The number of carbonyl (C=O) groups excluding carboxylic acids is 1. The number of hydrogen-bond acceptors (Lipinski definition) is 5. The average Bonchev–Trinajstić information content (AvgIpc) is 3.38. The van der Waals surface area contributed by atoms with Gasteiger partial charge < -0.3 is 9.84 Å². The normalized spacial score (nSPS) is 42.1. The first-order valence-corrected chi connectivity index (χ1v) is 14.3. The zero-order chi connectivity index (χ0) is 25.3. The number of ether oxygens (including phenoxy) is 1. The smallest absolute Gasteiger partial charge is 0.157 e. The molecule has 8 unspecified atom stereocenters. The van der Waals surface area contributed by atoms with Gasteiger partial charge in [0.05, 0.1) is 30.0 Å². The Balaban J connectivity index is 1.22. The van der Waals surface area contributed by atoms with Crippen molar-refractivity contribution in [1.29, 1.82) is 0 Å². The molecule has 6 nitrogen and oxygen atoms in total. The van der Waals surface area contributed by atoms with E-state index in [4.69, 9.17) is 16.3 Å². The number of halogens is 1. The average molecular weight is 514 g/mol. The molecular weight excluding hydrogens is 474 g/mol. The second-order valence-corrected chi connectivity index (χ2v) is 13.5. The predicted molar refractivity (Wildman–Crippen MR) is 140 cm³/mol. The molecule has 2 aromatic rings. The number of hydrogen-bond donors (Lipinski definition) is 1. The SMILES string of the molecule is COCC12CCC(C)(O)CC1CCC1C3CCC(C(=O)Cn4cc5ncc(Cl)cc5n4)C3(C)CCC12. The molecule has 2 aromatic heterocycles. The molecule has 4 aliphatic rings. The van der Waals surface area contributed by atoms with E-state index in [1.807, 2.05) is 20.2 Å². The number of aromatic nitrogens is 3. The number of ketones is 1. The first-order valence-electron chi connectivity index (χ1n) is 13.9. The van der Waals surface area contributed by atoms with Crippen molar-refractivity contribution in [3.8, 4) is 0 Å². The van der Waals surface area contributed by atoms with Crippen LogP contribution < -0.4 is 0 Å². The minimum absolute atomic E-state index is 0.0631. The third-order valence-corrected chi connectivity index (χ3v) is 11.4. The Morgan fingerprint density at radius 2 is 1.97 bits per heavy atom. The highest BCUT2D eigenvalue weighted by atomic mass is 35.5. The zero-order valence-corrected chi connectivity index (χ0v) is 22.6. The predicted octanol–water partition coefficient (Wildman–Crippen LogP) is 5.69. The van der Waals surface area contributed by atoms with Crippen LogP contribution in [0, 0.1) is 40.4 Å². The van der Waals surface area contributed by atoms with E-state index in [9.17, 15) is 9.90 Å². The Morgan fingerprint density at radius 1 is 1.14 bits per heavy atom. The Kier molecular flexibility index (Phi) is 6.05. The topological polar surface area (TPSA) is 77.2 Å². The molecule has 0 saturated heterocycles. The zero-order valence-electron chi connectivity index (χ0n) is 21.9. The maximum Gasteiger partial charge on any atom is 0.157 e. The van der Waals surface area contributed by atoms with Gasteiger partial charge in [0.1, 0.15) is 11.0 Å². The van der Waals surface area contributed by atoms with E-state index in [0.717, 1.165) is 56.2 Å². The van der Waals surface area contributed by atoms with Gasteiger partial charge in [0.15, 0.2) is 5.78 Å². The minimum Gasteiger partial charge on any atom is -0.390 e. The van der Waals surface area contributed by atoms with Crippen LogP contribution in [0.25, 0.3) is 11.0 Å². The van der Waals surface area contributed by atoms with Gasteiger partial charge in [-0.25, -0.2) is 0 Å². The fourth-order valence-electron chi connectivity index (χ4n) is 9.59. The molecule has 6 rings (SSSR count). The van der Waals surface area contributed by atoms with Crippen molar-refractivity contribution in [1.82, 2.24) is 14.8 Å². The number of carbonyl (C=O) groups is 1. The summed E-state index contributed by atoms with van der Waals surface area (Å²) in [5.41, 5.74) is 1.22. The Hall–Kier alpha value is -1.50. The third kappa shape index (κ3) is 3.85. The summed E-state index contributed by atoms with van der Waals surface area (Å²) >= 11 is 6.07. The lowest BCUT2D eigenvalue weighted by Gasteiger charge is -2.62. The highest BCUT2D eigenvalue weighted by molar-refractivity contribution is 6.31. The molecular formula is C29H40ClN3O3. The van der Waals surface area contributed by atoms with E-state index in [-0.39, 0.29) is 16.7 Å². The molecule has 0 aliphatic heterocycles. The van der Waals surface area contributed by atoms with Crippen LogP contribution in [0.5, 0.6) is 0 Å². The summed E-state index contributed by atoms with van der Waals surface area (Å²) < 4.78 is 7.65. The van der Waals surface area contributed by atoms with Crippen molar-refractivity contribution in [3.63, 3.8) is 0 Å². The van der Waals surface area contributed by atoms with Crippen LogP contribution in [-0.2, 0) is 16.1 Å². The molecule has 0 radical (unpaired) electrons. The second-order valence-electron chi connectivity index (χ2n) is 13.0. The molecule has 0 bridgehead atoms. The van der Waals surface area contributed by atoms with Crippen molar-refractivity contribution < 1.29 is 14.6 Å². The molecule has 4 saturated carbocycles. The van der Waals surface area contributed by atoms with E-state index in [2.05, 4.69) is 17.0 Å². The Morgan fingerprint density at radius 3 is 2.78 bits per heavy atom. The molecule has 8 atom stereocenters. The molecule has 4 fully saturated rings. The third-order valence-electron chi connectivity index (χ3n) is 11.1. The van der Waals surface area contributed by atoms with Crippen molar-refractivity contribution in [2.24, 2.45) is 40.4 Å². The maximum atomic E-state index is 13.7. The molecule has 196 valence electrons. The number of Topliss-reactive ketones (excluding diaryl/α,β-unsaturated/α-hetero) is 1. The van der Waals surface area contributed by atoms with Crippen LogP contribution in [0.1, 0.15) is 71.6 Å². The van der Waals surface area contributed by atoms with E-state index < -0.39 is 5.60 Å². The van der Waals surface area contributed by atoms with Crippen LogP contribution >= 0.6 is 11.6 Å². The van der Waals surface area contributed by atoms with Gasteiger partial charge in [-0.15, -0.1) is 0 Å². The van der Waals surface area contributed by atoms with Crippen molar-refractivity contribution >= 4 is 28.4 Å². The lowest BCUT2D eigenvalue weighted by atomic mass is 9.43. The minimum atomic E-state index is -0.541. The van der Waals surface area contributed by atoms with Crippen LogP contribution in [0.3, 0.4) is 0 Å². The maximum absolute atomic E-state index is 13.7. The van der Waals surface area contributed by atoms with E-state index in [0.29, 0.717) is 41.0 Å². The highest BCUT2D eigenvalue weighted by Crippen LogP contribution is 2.68. The molecule has 7 heteroatoms. The van der Waals surface area contributed by atoms with Crippen LogP contribution in [0.15, 0.2) is 18.5 Å². The monoisotopic (exact) mass is 513 g/mol. The molecule has 0 amide bonds. The largest absolute Gasteiger partial charge is 0.390 e. The van der Waals surface area contributed by atoms with Crippen LogP contribution in [-0.4, -0.2) is 45.0 Å². The molecule has 1 N–H and O–H groups in total. The molecule has 0 aromatic carbocycles.